The first-order valence-corrected chi connectivity index (χ1v) is 6.73. The summed E-state index contributed by atoms with van der Waals surface area (Å²) in [6.45, 7) is 0.751. The van der Waals surface area contributed by atoms with Gasteiger partial charge in [0, 0.05) is 37.8 Å². The van der Waals surface area contributed by atoms with Gasteiger partial charge in [-0.05, 0) is 29.3 Å². The van der Waals surface area contributed by atoms with Gasteiger partial charge in [-0.25, -0.2) is 4.98 Å². The molecule has 0 saturated carbocycles. The van der Waals surface area contributed by atoms with Crippen LogP contribution in [-0.2, 0) is 13.0 Å². The average molecular weight is 274 g/mol. The summed E-state index contributed by atoms with van der Waals surface area (Å²) >= 11 is 0. The second-order valence-electron chi connectivity index (χ2n) is 4.82. The molecule has 0 unspecified atom stereocenters. The van der Waals surface area contributed by atoms with Crippen LogP contribution in [0.15, 0.2) is 61.2 Å². The zero-order chi connectivity index (χ0) is 14.5. The van der Waals surface area contributed by atoms with E-state index in [4.69, 9.17) is 5.26 Å². The third kappa shape index (κ3) is 3.15. The van der Waals surface area contributed by atoms with Gasteiger partial charge in [0.2, 0.25) is 0 Å². The zero-order valence-electron chi connectivity index (χ0n) is 11.5. The highest BCUT2D eigenvalue weighted by atomic mass is 15.1. The standard InChI is InChI=1S/C17H14N4/c18-11-14-3-5-15(6-4-14)13-21-9-8-20-17(21)10-16-2-1-7-19-12-16/h1-9,12H,10,13H2. The van der Waals surface area contributed by atoms with Crippen LogP contribution in [0.25, 0.3) is 0 Å². The lowest BCUT2D eigenvalue weighted by Crippen LogP contribution is -2.05. The van der Waals surface area contributed by atoms with Crippen LogP contribution >= 0.6 is 0 Å². The first kappa shape index (κ1) is 13.1. The van der Waals surface area contributed by atoms with Gasteiger partial charge in [-0.15, -0.1) is 0 Å². The molecule has 0 aliphatic heterocycles. The summed E-state index contributed by atoms with van der Waals surface area (Å²) in [5.41, 5.74) is 2.98. The van der Waals surface area contributed by atoms with Crippen LogP contribution in [0.3, 0.4) is 0 Å². The van der Waals surface area contributed by atoms with E-state index in [0.29, 0.717) is 5.56 Å². The van der Waals surface area contributed by atoms with Crippen LogP contribution in [0.1, 0.15) is 22.5 Å². The molecule has 0 spiro atoms. The fraction of sp³-hybridized carbons (Fsp3) is 0.118. The van der Waals surface area contributed by atoms with Crippen LogP contribution in [0, 0.1) is 11.3 Å². The van der Waals surface area contributed by atoms with Crippen molar-refractivity contribution in [3.8, 4) is 6.07 Å². The van der Waals surface area contributed by atoms with Crippen molar-refractivity contribution in [2.75, 3.05) is 0 Å². The second kappa shape index (κ2) is 6.02. The molecule has 4 heteroatoms. The molecule has 0 aliphatic rings. The number of aromatic nitrogens is 3. The van der Waals surface area contributed by atoms with Gasteiger partial charge in [0.05, 0.1) is 11.6 Å². The molecule has 4 nitrogen and oxygen atoms in total. The third-order valence-corrected chi connectivity index (χ3v) is 3.32. The predicted molar refractivity (Wildman–Crippen MR) is 79.5 cm³/mol. The summed E-state index contributed by atoms with van der Waals surface area (Å²) in [6.07, 6.45) is 8.18. The minimum atomic E-state index is 0.681. The topological polar surface area (TPSA) is 54.5 Å². The molecule has 0 fully saturated rings. The van der Waals surface area contributed by atoms with Crippen molar-refractivity contribution in [2.45, 2.75) is 13.0 Å². The van der Waals surface area contributed by atoms with E-state index < -0.39 is 0 Å². The Morgan fingerprint density at radius 1 is 1.05 bits per heavy atom. The van der Waals surface area contributed by atoms with Crippen molar-refractivity contribution in [1.82, 2.24) is 14.5 Å². The molecule has 2 heterocycles. The van der Waals surface area contributed by atoms with E-state index in [0.717, 1.165) is 29.9 Å². The van der Waals surface area contributed by atoms with Gasteiger partial charge in [0.15, 0.2) is 0 Å². The maximum atomic E-state index is 8.82. The number of imidazole rings is 1. The first-order valence-electron chi connectivity index (χ1n) is 6.73. The molecule has 1 aromatic carbocycles. The van der Waals surface area contributed by atoms with Crippen molar-refractivity contribution in [2.24, 2.45) is 0 Å². The van der Waals surface area contributed by atoms with E-state index in [1.807, 2.05) is 55.0 Å². The normalized spacial score (nSPS) is 10.2. The number of benzene rings is 1. The molecule has 102 valence electrons. The SMILES string of the molecule is N#Cc1ccc(Cn2ccnc2Cc2cccnc2)cc1. The minimum absolute atomic E-state index is 0.681. The summed E-state index contributed by atoms with van der Waals surface area (Å²) in [4.78, 5) is 8.55. The number of hydrogen-bond acceptors (Lipinski definition) is 3. The molecule has 3 aromatic rings. The van der Waals surface area contributed by atoms with Gasteiger partial charge in [0.1, 0.15) is 5.82 Å². The third-order valence-electron chi connectivity index (χ3n) is 3.32. The Bertz CT molecular complexity index is 751. The van der Waals surface area contributed by atoms with Gasteiger partial charge < -0.3 is 4.57 Å². The van der Waals surface area contributed by atoms with Gasteiger partial charge in [-0.1, -0.05) is 18.2 Å². The van der Waals surface area contributed by atoms with E-state index in [-0.39, 0.29) is 0 Å². The highest BCUT2D eigenvalue weighted by Crippen LogP contribution is 2.10. The smallest absolute Gasteiger partial charge is 0.113 e. The molecule has 0 atom stereocenters. The van der Waals surface area contributed by atoms with Gasteiger partial charge in [0.25, 0.3) is 0 Å². The summed E-state index contributed by atoms with van der Waals surface area (Å²) in [7, 11) is 0. The molecule has 0 saturated heterocycles. The molecule has 0 N–H and O–H groups in total. The molecule has 2 aromatic heterocycles. The molecule has 0 aliphatic carbocycles. The van der Waals surface area contributed by atoms with E-state index >= 15 is 0 Å². The van der Waals surface area contributed by atoms with Crippen molar-refractivity contribution in [1.29, 1.82) is 5.26 Å². The van der Waals surface area contributed by atoms with Crippen LogP contribution in [0.5, 0.6) is 0 Å². The minimum Gasteiger partial charge on any atom is -0.330 e. The number of rotatable bonds is 4. The molecule has 21 heavy (non-hydrogen) atoms. The molecule has 0 amide bonds. The molecule has 0 bridgehead atoms. The molecule has 0 radical (unpaired) electrons. The van der Waals surface area contributed by atoms with Gasteiger partial charge in [-0.2, -0.15) is 5.26 Å². The lowest BCUT2D eigenvalue weighted by atomic mass is 10.1. The first-order chi connectivity index (χ1) is 10.3. The van der Waals surface area contributed by atoms with Crippen molar-refractivity contribution in [3.05, 3.63) is 83.7 Å². The van der Waals surface area contributed by atoms with E-state index in [1.165, 1.54) is 0 Å². The van der Waals surface area contributed by atoms with Crippen molar-refractivity contribution >= 4 is 0 Å². The second-order valence-corrected chi connectivity index (χ2v) is 4.82. The van der Waals surface area contributed by atoms with E-state index in [2.05, 4.69) is 20.6 Å². The number of pyridine rings is 1. The van der Waals surface area contributed by atoms with E-state index in [1.54, 1.807) is 6.20 Å². The summed E-state index contributed by atoms with van der Waals surface area (Å²) in [6, 6.07) is 13.8. The van der Waals surface area contributed by atoms with Crippen molar-refractivity contribution in [3.63, 3.8) is 0 Å². The number of nitrogens with zero attached hydrogens (tertiary/aromatic N) is 4. The Morgan fingerprint density at radius 2 is 1.90 bits per heavy atom. The zero-order valence-corrected chi connectivity index (χ0v) is 11.5. The largest absolute Gasteiger partial charge is 0.330 e. The Kier molecular flexibility index (Phi) is 3.74. The Balaban J connectivity index is 1.77. The number of hydrogen-bond donors (Lipinski definition) is 0. The van der Waals surface area contributed by atoms with Crippen LogP contribution in [0.2, 0.25) is 0 Å². The highest BCUT2D eigenvalue weighted by Gasteiger charge is 2.05. The van der Waals surface area contributed by atoms with E-state index in [9.17, 15) is 0 Å². The fourth-order valence-corrected chi connectivity index (χ4v) is 2.22. The predicted octanol–water partition coefficient (Wildman–Crippen LogP) is 2.79. The quantitative estimate of drug-likeness (QED) is 0.735. The summed E-state index contributed by atoms with van der Waals surface area (Å²) in [5, 5.41) is 8.82. The fourth-order valence-electron chi connectivity index (χ4n) is 2.22. The maximum Gasteiger partial charge on any atom is 0.113 e. The van der Waals surface area contributed by atoms with Crippen LogP contribution in [0.4, 0.5) is 0 Å². The monoisotopic (exact) mass is 274 g/mol. The van der Waals surface area contributed by atoms with Gasteiger partial charge >= 0.3 is 0 Å². The van der Waals surface area contributed by atoms with Crippen LogP contribution in [-0.4, -0.2) is 14.5 Å². The lowest BCUT2D eigenvalue weighted by Gasteiger charge is -2.08. The highest BCUT2D eigenvalue weighted by molar-refractivity contribution is 5.31. The van der Waals surface area contributed by atoms with Crippen molar-refractivity contribution < 1.29 is 0 Å². The Labute approximate surface area is 123 Å². The average Bonchev–Trinajstić information content (AvgIpc) is 2.96. The molecular weight excluding hydrogens is 260 g/mol. The van der Waals surface area contributed by atoms with Crippen LogP contribution < -0.4 is 0 Å². The number of nitriles is 1. The van der Waals surface area contributed by atoms with Gasteiger partial charge in [-0.3, -0.25) is 4.98 Å². The maximum absolute atomic E-state index is 8.82. The Hall–Kier alpha value is -2.93. The molecule has 3 rings (SSSR count). The molecular formula is C17H14N4. The Morgan fingerprint density at radius 3 is 2.62 bits per heavy atom. The lowest BCUT2D eigenvalue weighted by molar-refractivity contribution is 0.740. The summed E-state index contributed by atoms with van der Waals surface area (Å²) in [5.74, 6) is 1.01. The summed E-state index contributed by atoms with van der Waals surface area (Å²) < 4.78 is 2.12.